The number of aliphatic imine (C=N–C) groups is 1. The Balaban J connectivity index is 2.03. The van der Waals surface area contributed by atoms with Crippen molar-refractivity contribution in [3.63, 3.8) is 0 Å². The average Bonchev–Trinajstić information content (AvgIpc) is 2.83. The highest BCUT2D eigenvalue weighted by atomic mass is 32.2. The van der Waals surface area contributed by atoms with Gasteiger partial charge in [-0.15, -0.1) is 0 Å². The van der Waals surface area contributed by atoms with Crippen molar-refractivity contribution in [2.75, 3.05) is 5.75 Å². The molecule has 98 valence electrons. The zero-order valence-electron chi connectivity index (χ0n) is 11.5. The monoisotopic (exact) mass is 254 g/mol. The number of hydrogen-bond acceptors (Lipinski definition) is 3. The molecule has 1 saturated carbocycles. The van der Waals surface area contributed by atoms with Crippen LogP contribution in [-0.4, -0.2) is 22.5 Å². The molecule has 2 unspecified atom stereocenters. The average molecular weight is 254 g/mol. The Morgan fingerprint density at radius 1 is 1.24 bits per heavy atom. The summed E-state index contributed by atoms with van der Waals surface area (Å²) in [4.78, 5) is 4.94. The van der Waals surface area contributed by atoms with Gasteiger partial charge in [0.2, 0.25) is 0 Å². The first kappa shape index (κ1) is 13.3. The zero-order valence-corrected chi connectivity index (χ0v) is 12.3. The van der Waals surface area contributed by atoms with Crippen LogP contribution in [0.2, 0.25) is 0 Å². The van der Waals surface area contributed by atoms with E-state index in [1.54, 1.807) is 0 Å². The van der Waals surface area contributed by atoms with Gasteiger partial charge in [0.1, 0.15) is 0 Å². The van der Waals surface area contributed by atoms with E-state index in [0.717, 1.165) is 5.92 Å². The summed E-state index contributed by atoms with van der Waals surface area (Å²) in [6.07, 6.45) is 7.66. The van der Waals surface area contributed by atoms with E-state index in [2.05, 4.69) is 26.1 Å². The van der Waals surface area contributed by atoms with Gasteiger partial charge in [-0.3, -0.25) is 4.99 Å². The molecular formula is C14H26N2S. The van der Waals surface area contributed by atoms with E-state index in [4.69, 9.17) is 4.99 Å². The Labute approximate surface area is 110 Å². The number of fused-ring (bicyclic) bond motifs is 1. The lowest BCUT2D eigenvalue weighted by Gasteiger charge is -2.35. The van der Waals surface area contributed by atoms with Crippen LogP contribution in [0.3, 0.4) is 0 Å². The molecule has 0 spiro atoms. The molecule has 0 radical (unpaired) electrons. The van der Waals surface area contributed by atoms with Crippen molar-refractivity contribution in [3.05, 3.63) is 0 Å². The maximum atomic E-state index is 4.94. The normalized spacial score (nSPS) is 28.8. The molecule has 0 amide bonds. The van der Waals surface area contributed by atoms with Crippen molar-refractivity contribution < 1.29 is 0 Å². The molecule has 1 fully saturated rings. The standard InChI is InChI=1S/C14H26N2S/c1-4-14(5-2,6-3)16-13-15-12-9-7-8-11(12)10-17-13/h11-12H,4-10H2,1-3H3,(H,15,16). The Hall–Kier alpha value is -0.180. The van der Waals surface area contributed by atoms with Gasteiger partial charge in [0.25, 0.3) is 0 Å². The number of hydrogen-bond donors (Lipinski definition) is 1. The molecule has 1 N–H and O–H groups in total. The van der Waals surface area contributed by atoms with Crippen LogP contribution >= 0.6 is 11.8 Å². The summed E-state index contributed by atoms with van der Waals surface area (Å²) in [5.41, 5.74) is 0.275. The first-order valence-electron chi connectivity index (χ1n) is 7.21. The van der Waals surface area contributed by atoms with Gasteiger partial charge in [-0.2, -0.15) is 0 Å². The van der Waals surface area contributed by atoms with Crippen molar-refractivity contribution in [1.82, 2.24) is 5.32 Å². The summed E-state index contributed by atoms with van der Waals surface area (Å²) in [5, 5.41) is 4.97. The Morgan fingerprint density at radius 2 is 1.94 bits per heavy atom. The second kappa shape index (κ2) is 5.64. The first-order chi connectivity index (χ1) is 8.23. The SMILES string of the molecule is CCC(CC)(CC)NC1=NC2CCCC2CS1. The summed E-state index contributed by atoms with van der Waals surface area (Å²) in [7, 11) is 0. The van der Waals surface area contributed by atoms with Gasteiger partial charge in [0.15, 0.2) is 5.17 Å². The molecule has 17 heavy (non-hydrogen) atoms. The second-order valence-corrected chi connectivity index (χ2v) is 6.48. The summed E-state index contributed by atoms with van der Waals surface area (Å²) in [5.74, 6) is 2.15. The lowest BCUT2D eigenvalue weighted by Crippen LogP contribution is -2.47. The first-order valence-corrected chi connectivity index (χ1v) is 8.20. The van der Waals surface area contributed by atoms with Gasteiger partial charge in [-0.1, -0.05) is 39.0 Å². The third-order valence-electron chi connectivity index (χ3n) is 4.74. The quantitative estimate of drug-likeness (QED) is 0.825. The van der Waals surface area contributed by atoms with Gasteiger partial charge < -0.3 is 5.32 Å². The highest BCUT2D eigenvalue weighted by molar-refractivity contribution is 8.13. The summed E-state index contributed by atoms with van der Waals surface area (Å²) < 4.78 is 0. The van der Waals surface area contributed by atoms with Crippen LogP contribution < -0.4 is 5.32 Å². The minimum atomic E-state index is 0.275. The van der Waals surface area contributed by atoms with Crippen LogP contribution in [-0.2, 0) is 0 Å². The fraction of sp³-hybridized carbons (Fsp3) is 0.929. The van der Waals surface area contributed by atoms with Crippen LogP contribution in [0.5, 0.6) is 0 Å². The van der Waals surface area contributed by atoms with Crippen LogP contribution in [0.1, 0.15) is 59.3 Å². The van der Waals surface area contributed by atoms with Gasteiger partial charge in [-0.05, 0) is 38.0 Å². The van der Waals surface area contributed by atoms with Crippen molar-refractivity contribution in [2.24, 2.45) is 10.9 Å². The fourth-order valence-corrected chi connectivity index (χ4v) is 4.33. The van der Waals surface area contributed by atoms with E-state index in [-0.39, 0.29) is 5.54 Å². The lowest BCUT2D eigenvalue weighted by atomic mass is 9.90. The van der Waals surface area contributed by atoms with Crippen LogP contribution in [0.15, 0.2) is 4.99 Å². The molecule has 1 aliphatic heterocycles. The predicted molar refractivity (Wildman–Crippen MR) is 77.8 cm³/mol. The zero-order chi connectivity index (χ0) is 12.3. The summed E-state index contributed by atoms with van der Waals surface area (Å²) in [6, 6.07) is 0.627. The second-order valence-electron chi connectivity index (χ2n) is 5.47. The molecule has 0 aromatic carbocycles. The van der Waals surface area contributed by atoms with Crippen molar-refractivity contribution in [2.45, 2.75) is 70.9 Å². The maximum absolute atomic E-state index is 4.94. The summed E-state index contributed by atoms with van der Waals surface area (Å²) in [6.45, 7) is 6.85. The molecule has 2 nitrogen and oxygen atoms in total. The largest absolute Gasteiger partial charge is 0.360 e. The fourth-order valence-electron chi connectivity index (χ4n) is 3.07. The van der Waals surface area contributed by atoms with Gasteiger partial charge in [0.05, 0.1) is 6.04 Å². The molecule has 0 aromatic heterocycles. The van der Waals surface area contributed by atoms with Crippen molar-refractivity contribution >= 4 is 16.9 Å². The molecule has 1 heterocycles. The number of thioether (sulfide) groups is 1. The van der Waals surface area contributed by atoms with Crippen LogP contribution in [0.25, 0.3) is 0 Å². The molecule has 0 bridgehead atoms. The Bertz CT molecular complexity index is 276. The predicted octanol–water partition coefficient (Wildman–Crippen LogP) is 3.82. The molecule has 0 aromatic rings. The summed E-state index contributed by atoms with van der Waals surface area (Å²) >= 11 is 1.95. The van der Waals surface area contributed by atoms with Crippen LogP contribution in [0.4, 0.5) is 0 Å². The van der Waals surface area contributed by atoms with E-state index < -0.39 is 0 Å². The minimum absolute atomic E-state index is 0.275. The Kier molecular flexibility index (Phi) is 4.40. The van der Waals surface area contributed by atoms with Gasteiger partial charge in [-0.25, -0.2) is 0 Å². The molecule has 3 heteroatoms. The molecule has 2 rings (SSSR count). The smallest absolute Gasteiger partial charge is 0.157 e. The minimum Gasteiger partial charge on any atom is -0.360 e. The van der Waals surface area contributed by atoms with E-state index >= 15 is 0 Å². The lowest BCUT2D eigenvalue weighted by molar-refractivity contribution is 0.340. The molecular weight excluding hydrogens is 228 g/mol. The van der Waals surface area contributed by atoms with Gasteiger partial charge in [0, 0.05) is 11.3 Å². The number of amidine groups is 1. The highest BCUT2D eigenvalue weighted by Gasteiger charge is 2.33. The highest BCUT2D eigenvalue weighted by Crippen LogP contribution is 2.35. The third-order valence-corrected chi connectivity index (χ3v) is 5.81. The molecule has 1 aliphatic carbocycles. The number of nitrogens with one attached hydrogen (secondary N) is 1. The van der Waals surface area contributed by atoms with Crippen molar-refractivity contribution in [3.8, 4) is 0 Å². The third kappa shape index (κ3) is 2.81. The molecule has 2 atom stereocenters. The maximum Gasteiger partial charge on any atom is 0.157 e. The van der Waals surface area contributed by atoms with E-state index in [1.807, 2.05) is 11.8 Å². The topological polar surface area (TPSA) is 24.4 Å². The Morgan fingerprint density at radius 3 is 2.59 bits per heavy atom. The van der Waals surface area contributed by atoms with Crippen molar-refractivity contribution in [1.29, 1.82) is 0 Å². The molecule has 2 aliphatic rings. The van der Waals surface area contributed by atoms with E-state index in [0.29, 0.717) is 6.04 Å². The number of nitrogens with zero attached hydrogens (tertiary/aromatic N) is 1. The van der Waals surface area contributed by atoms with E-state index in [9.17, 15) is 0 Å². The van der Waals surface area contributed by atoms with Crippen LogP contribution in [0, 0.1) is 5.92 Å². The van der Waals surface area contributed by atoms with E-state index in [1.165, 1.54) is 49.4 Å². The number of rotatable bonds is 4. The molecule has 0 saturated heterocycles. The van der Waals surface area contributed by atoms with Gasteiger partial charge >= 0.3 is 0 Å².